The van der Waals surface area contributed by atoms with Crippen molar-refractivity contribution < 1.29 is 14.3 Å². The fourth-order valence-corrected chi connectivity index (χ4v) is 1.83. The molecule has 4 heteroatoms. The van der Waals surface area contributed by atoms with Crippen LogP contribution in [0.25, 0.3) is 0 Å². The number of amides is 1. The molecule has 0 aliphatic heterocycles. The molecule has 14 heavy (non-hydrogen) atoms. The van der Waals surface area contributed by atoms with Crippen LogP contribution in [0.15, 0.2) is 0 Å². The zero-order valence-corrected chi connectivity index (χ0v) is 8.91. The molecule has 0 spiro atoms. The molecule has 1 amide bonds. The third kappa shape index (κ3) is 3.54. The molecule has 1 saturated carbocycles. The minimum Gasteiger partial charge on any atom is -0.450 e. The van der Waals surface area contributed by atoms with Crippen molar-refractivity contribution in [1.82, 2.24) is 5.32 Å². The second-order valence-electron chi connectivity index (χ2n) is 3.59. The van der Waals surface area contributed by atoms with Gasteiger partial charge in [0.15, 0.2) is 0 Å². The summed E-state index contributed by atoms with van der Waals surface area (Å²) in [6.07, 6.45) is 4.10. The molecular formula is C10H19NO3. The van der Waals surface area contributed by atoms with Crippen molar-refractivity contribution >= 4 is 6.09 Å². The minimum absolute atomic E-state index is 0.216. The van der Waals surface area contributed by atoms with Gasteiger partial charge in [0, 0.05) is 13.2 Å². The quantitative estimate of drug-likeness (QED) is 0.755. The summed E-state index contributed by atoms with van der Waals surface area (Å²) in [5.74, 6) is 0. The summed E-state index contributed by atoms with van der Waals surface area (Å²) in [4.78, 5) is 11.1. The van der Waals surface area contributed by atoms with Crippen molar-refractivity contribution in [3.63, 3.8) is 0 Å². The predicted octanol–water partition coefficient (Wildman–Crippen LogP) is 1.69. The molecule has 0 aromatic rings. The highest BCUT2D eigenvalue weighted by Gasteiger charge is 2.23. The Morgan fingerprint density at radius 1 is 1.50 bits per heavy atom. The number of hydrogen-bond acceptors (Lipinski definition) is 3. The molecule has 1 aliphatic rings. The first-order valence-electron chi connectivity index (χ1n) is 5.22. The third-order valence-electron chi connectivity index (χ3n) is 2.56. The van der Waals surface area contributed by atoms with Crippen LogP contribution in [0.1, 0.15) is 32.6 Å². The molecule has 1 rings (SSSR count). The summed E-state index contributed by atoms with van der Waals surface area (Å²) >= 11 is 0. The van der Waals surface area contributed by atoms with E-state index in [2.05, 4.69) is 5.32 Å². The van der Waals surface area contributed by atoms with E-state index in [1.165, 1.54) is 0 Å². The van der Waals surface area contributed by atoms with Crippen LogP contribution in [0.5, 0.6) is 0 Å². The number of alkyl carbamates (subject to hydrolysis) is 1. The predicted molar refractivity (Wildman–Crippen MR) is 53.2 cm³/mol. The molecule has 0 heterocycles. The topological polar surface area (TPSA) is 47.6 Å². The van der Waals surface area contributed by atoms with Gasteiger partial charge in [0.2, 0.25) is 0 Å². The average molecular weight is 201 g/mol. The lowest BCUT2D eigenvalue weighted by Crippen LogP contribution is -2.40. The molecule has 2 unspecified atom stereocenters. The van der Waals surface area contributed by atoms with Gasteiger partial charge >= 0.3 is 6.09 Å². The summed E-state index contributed by atoms with van der Waals surface area (Å²) < 4.78 is 10.1. The summed E-state index contributed by atoms with van der Waals surface area (Å²) in [6, 6.07) is 0.216. The standard InChI is InChI=1S/C10H19NO3/c1-3-14-10(12)11-8-5-4-6-9(7-8)13-2/h8-9H,3-7H2,1-2H3,(H,11,12). The smallest absolute Gasteiger partial charge is 0.407 e. The van der Waals surface area contributed by atoms with Crippen molar-refractivity contribution in [2.24, 2.45) is 0 Å². The minimum atomic E-state index is -0.311. The van der Waals surface area contributed by atoms with E-state index in [-0.39, 0.29) is 18.2 Å². The Kier molecular flexibility index (Phi) is 4.73. The maximum atomic E-state index is 11.1. The first kappa shape index (κ1) is 11.3. The van der Waals surface area contributed by atoms with E-state index in [9.17, 15) is 4.79 Å². The molecule has 0 aromatic heterocycles. The van der Waals surface area contributed by atoms with Gasteiger partial charge < -0.3 is 14.8 Å². The van der Waals surface area contributed by atoms with Crippen LogP contribution in [0.4, 0.5) is 4.79 Å². The van der Waals surface area contributed by atoms with E-state index in [4.69, 9.17) is 9.47 Å². The molecule has 82 valence electrons. The molecule has 1 aliphatic carbocycles. The Morgan fingerprint density at radius 2 is 2.29 bits per heavy atom. The van der Waals surface area contributed by atoms with Crippen molar-refractivity contribution in [1.29, 1.82) is 0 Å². The second kappa shape index (κ2) is 5.86. The molecule has 4 nitrogen and oxygen atoms in total. The summed E-state index contributed by atoms with van der Waals surface area (Å²) in [7, 11) is 1.72. The molecule has 1 N–H and O–H groups in total. The van der Waals surface area contributed by atoms with E-state index < -0.39 is 0 Å². The molecule has 0 radical (unpaired) electrons. The Bertz CT molecular complexity index is 184. The highest BCUT2D eigenvalue weighted by atomic mass is 16.5. The van der Waals surface area contributed by atoms with Gasteiger partial charge in [-0.2, -0.15) is 0 Å². The van der Waals surface area contributed by atoms with Gasteiger partial charge in [-0.25, -0.2) is 4.79 Å². The highest BCUT2D eigenvalue weighted by Crippen LogP contribution is 2.20. The highest BCUT2D eigenvalue weighted by molar-refractivity contribution is 5.67. The average Bonchev–Trinajstić information content (AvgIpc) is 2.18. The Morgan fingerprint density at radius 3 is 2.93 bits per heavy atom. The number of ether oxygens (including phenoxy) is 2. The van der Waals surface area contributed by atoms with Gasteiger partial charge in [-0.05, 0) is 32.6 Å². The second-order valence-corrected chi connectivity index (χ2v) is 3.59. The molecule has 1 fully saturated rings. The van der Waals surface area contributed by atoms with Crippen LogP contribution in [0.2, 0.25) is 0 Å². The molecular weight excluding hydrogens is 182 g/mol. The summed E-state index contributed by atoms with van der Waals surface area (Å²) in [5, 5.41) is 2.84. The molecule has 0 aromatic carbocycles. The van der Waals surface area contributed by atoms with Gasteiger partial charge in [0.1, 0.15) is 0 Å². The Balaban J connectivity index is 2.26. The SMILES string of the molecule is CCOC(=O)NC1CCCC(OC)C1. The van der Waals surface area contributed by atoms with Crippen LogP contribution in [0.3, 0.4) is 0 Å². The van der Waals surface area contributed by atoms with Crippen LogP contribution >= 0.6 is 0 Å². The van der Waals surface area contributed by atoms with Crippen LogP contribution in [0, 0.1) is 0 Å². The fourth-order valence-electron chi connectivity index (χ4n) is 1.83. The lowest BCUT2D eigenvalue weighted by Gasteiger charge is -2.28. The monoisotopic (exact) mass is 201 g/mol. The first-order chi connectivity index (χ1) is 6.76. The van der Waals surface area contributed by atoms with E-state index in [0.717, 1.165) is 25.7 Å². The lowest BCUT2D eigenvalue weighted by atomic mass is 9.93. The number of nitrogens with one attached hydrogen (secondary N) is 1. The normalized spacial score (nSPS) is 27.0. The number of carbonyl (C=O) groups is 1. The summed E-state index contributed by atoms with van der Waals surface area (Å²) in [6.45, 7) is 2.23. The number of carbonyl (C=O) groups excluding carboxylic acids is 1. The maximum absolute atomic E-state index is 11.1. The van der Waals surface area contributed by atoms with E-state index >= 15 is 0 Å². The van der Waals surface area contributed by atoms with Crippen LogP contribution in [-0.4, -0.2) is 32.0 Å². The largest absolute Gasteiger partial charge is 0.450 e. The summed E-state index contributed by atoms with van der Waals surface area (Å²) in [5.41, 5.74) is 0. The first-order valence-corrected chi connectivity index (χ1v) is 5.22. The van der Waals surface area contributed by atoms with Gasteiger partial charge in [-0.15, -0.1) is 0 Å². The van der Waals surface area contributed by atoms with Crippen LogP contribution < -0.4 is 5.32 Å². The van der Waals surface area contributed by atoms with Crippen molar-refractivity contribution in [3.05, 3.63) is 0 Å². The van der Waals surface area contributed by atoms with Crippen LogP contribution in [-0.2, 0) is 9.47 Å². The van der Waals surface area contributed by atoms with Crippen molar-refractivity contribution in [3.8, 4) is 0 Å². The van der Waals surface area contributed by atoms with Crippen molar-refractivity contribution in [2.45, 2.75) is 44.8 Å². The Labute approximate surface area is 85.0 Å². The maximum Gasteiger partial charge on any atom is 0.407 e. The lowest BCUT2D eigenvalue weighted by molar-refractivity contribution is 0.0572. The molecule has 0 bridgehead atoms. The van der Waals surface area contributed by atoms with E-state index in [1.54, 1.807) is 14.0 Å². The zero-order chi connectivity index (χ0) is 10.4. The molecule has 2 atom stereocenters. The van der Waals surface area contributed by atoms with E-state index in [1.807, 2.05) is 0 Å². The van der Waals surface area contributed by atoms with Crippen molar-refractivity contribution in [2.75, 3.05) is 13.7 Å². The third-order valence-corrected chi connectivity index (χ3v) is 2.56. The zero-order valence-electron chi connectivity index (χ0n) is 8.91. The van der Waals surface area contributed by atoms with Gasteiger partial charge in [-0.3, -0.25) is 0 Å². The Hall–Kier alpha value is -0.770. The van der Waals surface area contributed by atoms with Gasteiger partial charge in [0.05, 0.1) is 12.7 Å². The fraction of sp³-hybridized carbons (Fsp3) is 0.900. The van der Waals surface area contributed by atoms with E-state index in [0.29, 0.717) is 6.61 Å². The van der Waals surface area contributed by atoms with Gasteiger partial charge in [-0.1, -0.05) is 0 Å². The number of methoxy groups -OCH3 is 1. The van der Waals surface area contributed by atoms with Gasteiger partial charge in [0.25, 0.3) is 0 Å². The number of rotatable bonds is 3. The number of hydrogen-bond donors (Lipinski definition) is 1. The molecule has 0 saturated heterocycles.